The summed E-state index contributed by atoms with van der Waals surface area (Å²) < 4.78 is 35.8. The maximum atomic E-state index is 11.0. The van der Waals surface area contributed by atoms with E-state index in [1.807, 2.05) is 18.2 Å². The smallest absolute Gasteiger partial charge is 0.248 e. The number of nitrogens with zero attached hydrogens (tertiary/aromatic N) is 6. The quantitative estimate of drug-likeness (QED) is 0.328. The molecule has 5 heterocycles. The van der Waals surface area contributed by atoms with Gasteiger partial charge in [0.25, 0.3) is 0 Å². The Balaban J connectivity index is 1.29. The molecule has 4 aromatic rings. The van der Waals surface area contributed by atoms with E-state index < -0.39 is 11.3 Å². The summed E-state index contributed by atoms with van der Waals surface area (Å²) in [5, 5.41) is 16.8. The Morgan fingerprint density at radius 2 is 2.14 bits per heavy atom. The van der Waals surface area contributed by atoms with Crippen LogP contribution in [0.4, 0.5) is 0 Å². The molecule has 194 valence electrons. The molecule has 0 saturated carbocycles. The molecule has 2 aliphatic rings. The van der Waals surface area contributed by atoms with Crippen molar-refractivity contribution in [2.45, 2.75) is 32.0 Å². The number of aromatic nitrogens is 5. The first-order valence-corrected chi connectivity index (χ1v) is 13.3. The second kappa shape index (κ2) is 10.3. The number of hydrogen-bond acceptors (Lipinski definition) is 10. The van der Waals surface area contributed by atoms with E-state index in [0.29, 0.717) is 35.8 Å². The Labute approximate surface area is 215 Å². The van der Waals surface area contributed by atoms with Crippen LogP contribution in [0.1, 0.15) is 24.3 Å². The Hall–Kier alpha value is -3.23. The fraction of sp³-hybridized carbons (Fsp3) is 0.417. The van der Waals surface area contributed by atoms with Crippen molar-refractivity contribution >= 4 is 22.2 Å². The van der Waals surface area contributed by atoms with Crippen LogP contribution in [-0.2, 0) is 24.4 Å². The third kappa shape index (κ3) is 5.00. The predicted molar refractivity (Wildman–Crippen MR) is 135 cm³/mol. The van der Waals surface area contributed by atoms with Gasteiger partial charge in [-0.1, -0.05) is 0 Å². The van der Waals surface area contributed by atoms with Gasteiger partial charge in [-0.3, -0.25) is 19.1 Å². The molecule has 0 amide bonds. The molecular formula is C24H27N8O4S-. The van der Waals surface area contributed by atoms with Gasteiger partial charge in [-0.2, -0.15) is 5.10 Å². The minimum atomic E-state index is -2.40. The largest absolute Gasteiger partial charge is 0.760 e. The van der Waals surface area contributed by atoms with Gasteiger partial charge in [0, 0.05) is 66.2 Å². The maximum Gasteiger partial charge on any atom is 0.248 e. The highest BCUT2D eigenvalue weighted by atomic mass is 32.2. The number of H-pyrrole nitrogens is 1. The highest BCUT2D eigenvalue weighted by Crippen LogP contribution is 2.34. The van der Waals surface area contributed by atoms with Crippen LogP contribution in [0.2, 0.25) is 0 Å². The molecule has 3 aromatic heterocycles. The van der Waals surface area contributed by atoms with Crippen LogP contribution in [0, 0.1) is 0 Å². The first kappa shape index (κ1) is 24.1. The molecule has 0 aliphatic carbocycles. The summed E-state index contributed by atoms with van der Waals surface area (Å²) in [6.45, 7) is 5.01. The Morgan fingerprint density at radius 1 is 1.22 bits per heavy atom. The number of fused-ring (bicyclic) bond motifs is 2. The fourth-order valence-electron chi connectivity index (χ4n) is 5.31. The maximum absolute atomic E-state index is 11.0. The Kier molecular flexibility index (Phi) is 6.69. The number of methoxy groups -OCH3 is 1. The minimum Gasteiger partial charge on any atom is -0.760 e. The zero-order chi connectivity index (χ0) is 25.4. The summed E-state index contributed by atoms with van der Waals surface area (Å²) in [5.41, 5.74) is 3.79. The first-order valence-electron chi connectivity index (χ1n) is 12.2. The molecule has 12 nitrogen and oxygen atoms in total. The van der Waals surface area contributed by atoms with Crippen LogP contribution in [0.5, 0.6) is 5.88 Å². The Morgan fingerprint density at radius 3 is 3.00 bits per heavy atom. The molecule has 2 saturated heterocycles. The molecule has 0 radical (unpaired) electrons. The first-order chi connectivity index (χ1) is 18.1. The normalized spacial score (nSPS) is 19.4. The van der Waals surface area contributed by atoms with Gasteiger partial charge < -0.3 is 13.7 Å². The van der Waals surface area contributed by atoms with Crippen LogP contribution in [-0.4, -0.2) is 83.3 Å². The zero-order valence-electron chi connectivity index (χ0n) is 20.3. The van der Waals surface area contributed by atoms with Crippen molar-refractivity contribution in [2.75, 3.05) is 33.3 Å². The van der Waals surface area contributed by atoms with Crippen molar-refractivity contribution in [3.63, 3.8) is 0 Å². The van der Waals surface area contributed by atoms with E-state index in [4.69, 9.17) is 9.15 Å². The number of ether oxygens (including phenoxy) is 1. The van der Waals surface area contributed by atoms with Gasteiger partial charge >= 0.3 is 0 Å². The predicted octanol–water partition coefficient (Wildman–Crippen LogP) is 1.85. The van der Waals surface area contributed by atoms with Crippen LogP contribution in [0.15, 0.2) is 35.0 Å². The second-order valence-corrected chi connectivity index (χ2v) is 10.1. The lowest BCUT2D eigenvalue weighted by molar-refractivity contribution is 0.0929. The molecular weight excluding hydrogens is 496 g/mol. The lowest BCUT2D eigenvalue weighted by Gasteiger charge is -2.36. The molecule has 37 heavy (non-hydrogen) atoms. The van der Waals surface area contributed by atoms with Gasteiger partial charge in [-0.15, -0.1) is 10.2 Å². The lowest BCUT2D eigenvalue weighted by Crippen LogP contribution is -2.49. The summed E-state index contributed by atoms with van der Waals surface area (Å²) >= 11 is -2.40. The minimum absolute atomic E-state index is 0.0570. The second-order valence-electron chi connectivity index (χ2n) is 9.37. The molecule has 2 aliphatic heterocycles. The van der Waals surface area contributed by atoms with E-state index >= 15 is 0 Å². The van der Waals surface area contributed by atoms with Gasteiger partial charge in [0.1, 0.15) is 0 Å². The molecule has 1 aromatic carbocycles. The van der Waals surface area contributed by atoms with E-state index in [9.17, 15) is 8.76 Å². The standard InChI is InChI=1S/C24H28N8O4S/c1-35-23-17(11-27-37(33)34)7-16(10-25-23)15-8-19(20-12-26-28-21(20)9-15)24-30-29-22(36-24)14-31-5-6-32-4-2-3-18(32)13-31/h7-10,12,18,27H,2-6,11,13-14H2,1H3,(H,26,28)(H,33,34)/p-1/t18-/m0/s1. The Bertz CT molecular complexity index is 1440. The van der Waals surface area contributed by atoms with E-state index in [0.717, 1.165) is 47.2 Å². The number of nitrogens with one attached hydrogen (secondary N) is 2. The summed E-state index contributed by atoms with van der Waals surface area (Å²) in [7, 11) is 1.50. The molecule has 2 atom stereocenters. The van der Waals surface area contributed by atoms with E-state index in [2.05, 4.69) is 39.9 Å². The van der Waals surface area contributed by atoms with Gasteiger partial charge in [-0.25, -0.2) is 9.71 Å². The van der Waals surface area contributed by atoms with Crippen molar-refractivity contribution in [1.29, 1.82) is 0 Å². The monoisotopic (exact) mass is 523 g/mol. The van der Waals surface area contributed by atoms with Crippen molar-refractivity contribution in [3.8, 4) is 28.5 Å². The average molecular weight is 524 g/mol. The summed E-state index contributed by atoms with van der Waals surface area (Å²) in [6, 6.07) is 6.38. The molecule has 0 bridgehead atoms. The van der Waals surface area contributed by atoms with Gasteiger partial charge in [0.2, 0.25) is 17.7 Å². The SMILES string of the molecule is COc1ncc(-c2cc(-c3nnc(CN4CCN5CCC[C@H]5C4)o3)c3cn[nH]c3c2)cc1CNS(=O)[O-]. The van der Waals surface area contributed by atoms with Crippen molar-refractivity contribution in [1.82, 2.24) is 39.9 Å². The lowest BCUT2D eigenvalue weighted by atomic mass is 10.0. The highest BCUT2D eigenvalue weighted by molar-refractivity contribution is 7.77. The molecule has 6 rings (SSSR count). The molecule has 0 spiro atoms. The number of rotatable bonds is 8. The highest BCUT2D eigenvalue weighted by Gasteiger charge is 2.31. The third-order valence-electron chi connectivity index (χ3n) is 7.12. The van der Waals surface area contributed by atoms with Crippen LogP contribution in [0.3, 0.4) is 0 Å². The van der Waals surface area contributed by atoms with Crippen LogP contribution >= 0.6 is 0 Å². The number of hydrogen-bond donors (Lipinski definition) is 2. The van der Waals surface area contributed by atoms with Crippen molar-refractivity contribution < 1.29 is 17.9 Å². The molecule has 1 unspecified atom stereocenters. The van der Waals surface area contributed by atoms with E-state index in [1.165, 1.54) is 26.5 Å². The van der Waals surface area contributed by atoms with Crippen molar-refractivity contribution in [3.05, 3.63) is 42.0 Å². The number of aromatic amines is 1. The topological polar surface area (TPSA) is 148 Å². The molecule has 2 fully saturated rings. The summed E-state index contributed by atoms with van der Waals surface area (Å²) in [6.07, 6.45) is 5.95. The van der Waals surface area contributed by atoms with E-state index in [-0.39, 0.29) is 6.54 Å². The fourth-order valence-corrected chi connectivity index (χ4v) is 5.59. The van der Waals surface area contributed by atoms with Crippen molar-refractivity contribution in [2.24, 2.45) is 0 Å². The van der Waals surface area contributed by atoms with Gasteiger partial charge in [0.05, 0.1) is 30.9 Å². The molecule has 13 heteroatoms. The average Bonchev–Trinajstić information content (AvgIpc) is 3.67. The van der Waals surface area contributed by atoms with Gasteiger partial charge in [-0.05, 0) is 43.1 Å². The number of pyridine rings is 1. The van der Waals surface area contributed by atoms with Crippen LogP contribution < -0.4 is 9.46 Å². The van der Waals surface area contributed by atoms with Gasteiger partial charge in [0.15, 0.2) is 0 Å². The zero-order valence-corrected chi connectivity index (χ0v) is 21.2. The summed E-state index contributed by atoms with van der Waals surface area (Å²) in [4.78, 5) is 9.33. The molecule has 2 N–H and O–H groups in total. The number of piperazine rings is 1. The van der Waals surface area contributed by atoms with Crippen LogP contribution in [0.25, 0.3) is 33.5 Å². The third-order valence-corrected chi connectivity index (χ3v) is 7.50. The number of benzene rings is 1. The van der Waals surface area contributed by atoms with E-state index in [1.54, 1.807) is 12.4 Å². The summed E-state index contributed by atoms with van der Waals surface area (Å²) in [5.74, 6) is 1.37.